The SMILES string of the molecule is O=C(CSc1ccc(F)cc1)N1CCC(N2CC(COc3ccccc3)OC2=O)CC1. The van der Waals surface area contributed by atoms with E-state index in [2.05, 4.69) is 0 Å². The molecule has 8 heteroatoms. The van der Waals surface area contributed by atoms with Gasteiger partial charge < -0.3 is 19.3 Å². The lowest BCUT2D eigenvalue weighted by molar-refractivity contribution is -0.129. The van der Waals surface area contributed by atoms with Crippen molar-refractivity contribution in [3.05, 3.63) is 60.4 Å². The van der Waals surface area contributed by atoms with Crippen molar-refractivity contribution in [3.8, 4) is 5.75 Å². The average Bonchev–Trinajstić information content (AvgIpc) is 3.18. The molecule has 0 aromatic heterocycles. The van der Waals surface area contributed by atoms with Gasteiger partial charge in [0.2, 0.25) is 5.91 Å². The lowest BCUT2D eigenvalue weighted by atomic mass is 10.0. The van der Waals surface area contributed by atoms with Gasteiger partial charge in [0, 0.05) is 24.0 Å². The number of nitrogens with zero attached hydrogens (tertiary/aromatic N) is 2. The molecule has 0 N–H and O–H groups in total. The predicted octanol–water partition coefficient (Wildman–Crippen LogP) is 3.81. The van der Waals surface area contributed by atoms with Gasteiger partial charge in [-0.25, -0.2) is 9.18 Å². The van der Waals surface area contributed by atoms with Crippen molar-refractivity contribution < 1.29 is 23.5 Å². The van der Waals surface area contributed by atoms with Crippen LogP contribution in [0.2, 0.25) is 0 Å². The number of thioether (sulfide) groups is 1. The molecular weight excluding hydrogens is 419 g/mol. The number of benzene rings is 2. The number of hydrogen-bond acceptors (Lipinski definition) is 5. The van der Waals surface area contributed by atoms with E-state index in [-0.39, 0.29) is 30.0 Å². The molecule has 0 saturated carbocycles. The third-order valence-corrected chi connectivity index (χ3v) is 6.51. The van der Waals surface area contributed by atoms with Gasteiger partial charge in [0.15, 0.2) is 6.10 Å². The number of cyclic esters (lactones) is 1. The first-order chi connectivity index (χ1) is 15.1. The van der Waals surface area contributed by atoms with Crippen LogP contribution >= 0.6 is 11.8 Å². The van der Waals surface area contributed by atoms with E-state index in [1.54, 1.807) is 17.0 Å². The molecule has 6 nitrogen and oxygen atoms in total. The number of halogens is 1. The second-order valence-corrected chi connectivity index (χ2v) is 8.69. The van der Waals surface area contributed by atoms with Gasteiger partial charge >= 0.3 is 6.09 Å². The van der Waals surface area contributed by atoms with Crippen LogP contribution in [-0.4, -0.2) is 65.9 Å². The zero-order valence-corrected chi connectivity index (χ0v) is 17.9. The molecule has 0 aliphatic carbocycles. The lowest BCUT2D eigenvalue weighted by Gasteiger charge is -2.35. The van der Waals surface area contributed by atoms with Gasteiger partial charge in [-0.2, -0.15) is 0 Å². The molecule has 0 radical (unpaired) electrons. The molecule has 2 aliphatic rings. The molecule has 4 rings (SSSR count). The van der Waals surface area contributed by atoms with E-state index in [4.69, 9.17) is 9.47 Å². The molecule has 2 aliphatic heterocycles. The highest BCUT2D eigenvalue weighted by Gasteiger charge is 2.38. The van der Waals surface area contributed by atoms with E-state index in [1.807, 2.05) is 35.2 Å². The molecule has 0 spiro atoms. The first kappa shape index (κ1) is 21.5. The van der Waals surface area contributed by atoms with E-state index in [1.165, 1.54) is 23.9 Å². The fraction of sp³-hybridized carbons (Fsp3) is 0.391. The largest absolute Gasteiger partial charge is 0.490 e. The Morgan fingerprint density at radius 3 is 2.52 bits per heavy atom. The summed E-state index contributed by atoms with van der Waals surface area (Å²) >= 11 is 1.40. The van der Waals surface area contributed by atoms with Gasteiger partial charge in [-0.3, -0.25) is 4.79 Å². The summed E-state index contributed by atoms with van der Waals surface area (Å²) in [6.07, 6.45) is 0.862. The molecule has 2 aromatic rings. The molecule has 1 unspecified atom stereocenters. The van der Waals surface area contributed by atoms with Gasteiger partial charge in [0.1, 0.15) is 18.2 Å². The van der Waals surface area contributed by atoms with Gasteiger partial charge in [-0.15, -0.1) is 11.8 Å². The summed E-state index contributed by atoms with van der Waals surface area (Å²) in [5.74, 6) is 0.848. The Morgan fingerprint density at radius 2 is 1.81 bits per heavy atom. The van der Waals surface area contributed by atoms with E-state index in [9.17, 15) is 14.0 Å². The van der Waals surface area contributed by atoms with Crippen molar-refractivity contribution in [2.75, 3.05) is 32.0 Å². The van der Waals surface area contributed by atoms with Crippen molar-refractivity contribution in [1.29, 1.82) is 0 Å². The highest BCUT2D eigenvalue weighted by atomic mass is 32.2. The van der Waals surface area contributed by atoms with Gasteiger partial charge in [0.05, 0.1) is 12.3 Å². The van der Waals surface area contributed by atoms with Gasteiger partial charge in [-0.05, 0) is 49.2 Å². The van der Waals surface area contributed by atoms with Crippen LogP contribution in [-0.2, 0) is 9.53 Å². The standard InChI is InChI=1S/C23H25FN2O4S/c24-17-6-8-21(9-7-17)31-16-22(27)25-12-10-18(11-13-25)26-14-20(30-23(26)28)15-29-19-4-2-1-3-5-19/h1-9,18,20H,10-16H2. The summed E-state index contributed by atoms with van der Waals surface area (Å²) in [4.78, 5) is 29.3. The summed E-state index contributed by atoms with van der Waals surface area (Å²) in [5, 5.41) is 0. The number of amides is 2. The summed E-state index contributed by atoms with van der Waals surface area (Å²) in [5.41, 5.74) is 0. The number of likely N-dealkylation sites (tertiary alicyclic amines) is 1. The quantitative estimate of drug-likeness (QED) is 0.608. The predicted molar refractivity (Wildman–Crippen MR) is 116 cm³/mol. The number of ether oxygens (including phenoxy) is 2. The van der Waals surface area contributed by atoms with E-state index in [0.717, 1.165) is 23.5 Å². The molecule has 2 fully saturated rings. The monoisotopic (exact) mass is 444 g/mol. The first-order valence-corrected chi connectivity index (χ1v) is 11.4. The normalized spacial score (nSPS) is 19.4. The van der Waals surface area contributed by atoms with Crippen LogP contribution in [0.3, 0.4) is 0 Å². The Hall–Kier alpha value is -2.74. The van der Waals surface area contributed by atoms with Crippen molar-refractivity contribution >= 4 is 23.8 Å². The highest BCUT2D eigenvalue weighted by Crippen LogP contribution is 2.24. The maximum atomic E-state index is 13.0. The number of para-hydroxylation sites is 1. The topological polar surface area (TPSA) is 59.1 Å². The average molecular weight is 445 g/mol. The van der Waals surface area contributed by atoms with Crippen LogP contribution in [0.15, 0.2) is 59.5 Å². The van der Waals surface area contributed by atoms with Crippen molar-refractivity contribution in [2.24, 2.45) is 0 Å². The molecule has 0 bridgehead atoms. The Kier molecular flexibility index (Phi) is 6.96. The Balaban J connectivity index is 1.20. The molecule has 2 heterocycles. The fourth-order valence-electron chi connectivity index (χ4n) is 3.83. The fourth-order valence-corrected chi connectivity index (χ4v) is 4.63. The number of piperidine rings is 1. The van der Waals surface area contributed by atoms with Crippen LogP contribution in [0, 0.1) is 5.82 Å². The van der Waals surface area contributed by atoms with Crippen LogP contribution in [0.1, 0.15) is 12.8 Å². The minimum atomic E-state index is -0.307. The highest BCUT2D eigenvalue weighted by molar-refractivity contribution is 8.00. The van der Waals surface area contributed by atoms with Crippen LogP contribution in [0.4, 0.5) is 9.18 Å². The van der Waals surface area contributed by atoms with E-state index in [0.29, 0.717) is 32.0 Å². The zero-order chi connectivity index (χ0) is 21.6. The third-order valence-electron chi connectivity index (χ3n) is 5.52. The third kappa shape index (κ3) is 5.70. The number of carbonyl (C=O) groups excluding carboxylic acids is 2. The Morgan fingerprint density at radius 1 is 1.10 bits per heavy atom. The van der Waals surface area contributed by atoms with Crippen molar-refractivity contribution in [2.45, 2.75) is 29.9 Å². The molecular formula is C23H25FN2O4S. The van der Waals surface area contributed by atoms with Crippen molar-refractivity contribution in [3.63, 3.8) is 0 Å². The summed E-state index contributed by atoms with van der Waals surface area (Å²) in [7, 11) is 0. The Labute approximate surface area is 185 Å². The molecule has 2 aromatic carbocycles. The summed E-state index contributed by atoms with van der Waals surface area (Å²) in [6.45, 7) is 2.06. The van der Waals surface area contributed by atoms with Crippen molar-refractivity contribution in [1.82, 2.24) is 9.80 Å². The molecule has 1 atom stereocenters. The smallest absolute Gasteiger partial charge is 0.410 e. The molecule has 2 amide bonds. The molecule has 164 valence electrons. The van der Waals surface area contributed by atoms with E-state index < -0.39 is 0 Å². The summed E-state index contributed by atoms with van der Waals surface area (Å²) < 4.78 is 24.2. The second-order valence-electron chi connectivity index (χ2n) is 7.64. The van der Waals surface area contributed by atoms with Crippen LogP contribution in [0.5, 0.6) is 5.75 Å². The van der Waals surface area contributed by atoms with Crippen LogP contribution in [0.25, 0.3) is 0 Å². The zero-order valence-electron chi connectivity index (χ0n) is 17.1. The Bertz CT molecular complexity index is 888. The van der Waals surface area contributed by atoms with Crippen LogP contribution < -0.4 is 4.74 Å². The lowest BCUT2D eigenvalue weighted by Crippen LogP contribution is -2.47. The molecule has 2 saturated heterocycles. The van der Waals surface area contributed by atoms with Gasteiger partial charge in [-0.1, -0.05) is 18.2 Å². The maximum absolute atomic E-state index is 13.0. The number of hydrogen-bond donors (Lipinski definition) is 0. The number of carbonyl (C=O) groups is 2. The van der Waals surface area contributed by atoms with E-state index >= 15 is 0 Å². The first-order valence-electron chi connectivity index (χ1n) is 10.4. The van der Waals surface area contributed by atoms with Gasteiger partial charge in [0.25, 0.3) is 0 Å². The number of rotatable bonds is 7. The second kappa shape index (κ2) is 10.0. The molecule has 31 heavy (non-hydrogen) atoms. The minimum absolute atomic E-state index is 0.0610. The maximum Gasteiger partial charge on any atom is 0.410 e. The minimum Gasteiger partial charge on any atom is -0.490 e. The summed E-state index contributed by atoms with van der Waals surface area (Å²) in [6, 6.07) is 15.7.